The highest BCUT2D eigenvalue weighted by molar-refractivity contribution is 4.66. The Bertz CT molecular complexity index is 184. The molecule has 0 spiro atoms. The lowest BCUT2D eigenvalue weighted by molar-refractivity contribution is 0.397. The zero-order valence-electron chi connectivity index (χ0n) is 5.08. The van der Waals surface area contributed by atoms with E-state index in [0.717, 1.165) is 0 Å². The summed E-state index contributed by atoms with van der Waals surface area (Å²) in [5.74, 6) is 0.573. The second-order valence-electron chi connectivity index (χ2n) is 1.62. The monoisotopic (exact) mass is 130 g/mol. The van der Waals surface area contributed by atoms with Crippen molar-refractivity contribution in [3.8, 4) is 0 Å². The van der Waals surface area contributed by atoms with Crippen LogP contribution >= 0.6 is 0 Å². The van der Waals surface area contributed by atoms with Crippen LogP contribution in [-0.2, 0) is 6.54 Å². The molecule has 0 radical (unpaired) electrons. The molecule has 0 aliphatic carbocycles. The molecule has 1 heterocycles. The molecule has 50 valence electrons. The van der Waals surface area contributed by atoms with Crippen molar-refractivity contribution < 1.29 is 4.39 Å². The van der Waals surface area contributed by atoms with Gasteiger partial charge in [0.15, 0.2) is 5.82 Å². The molecule has 9 heavy (non-hydrogen) atoms. The number of hydrogen-bond donors (Lipinski definition) is 0. The largest absolute Gasteiger partial charge is 0.249 e. The van der Waals surface area contributed by atoms with Crippen molar-refractivity contribution in [3.05, 3.63) is 5.82 Å². The minimum Gasteiger partial charge on any atom is -0.249 e. The average molecular weight is 130 g/mol. The summed E-state index contributed by atoms with van der Waals surface area (Å²) in [5, 5.41) is 10.8. The predicted molar refractivity (Wildman–Crippen MR) is 28.5 cm³/mol. The smallest absolute Gasteiger partial charge is 0.171 e. The van der Waals surface area contributed by atoms with Gasteiger partial charge in [0.25, 0.3) is 0 Å². The lowest BCUT2D eigenvalue weighted by Gasteiger charge is -1.87. The minimum absolute atomic E-state index is 0.195. The minimum atomic E-state index is -0.449. The van der Waals surface area contributed by atoms with Gasteiger partial charge in [-0.3, -0.25) is 0 Å². The molecule has 4 nitrogen and oxygen atoms in total. The first kappa shape index (κ1) is 6.12. The molecule has 0 N–H and O–H groups in total. The third-order valence-corrected chi connectivity index (χ3v) is 0.837. The Balaban J connectivity index is 2.61. The fourth-order valence-electron chi connectivity index (χ4n) is 0.494. The molecule has 0 atom stereocenters. The first-order valence-corrected chi connectivity index (χ1v) is 2.63. The van der Waals surface area contributed by atoms with Crippen molar-refractivity contribution in [1.29, 1.82) is 0 Å². The number of rotatable bonds is 2. The van der Waals surface area contributed by atoms with Gasteiger partial charge in [0.2, 0.25) is 0 Å². The van der Waals surface area contributed by atoms with Gasteiger partial charge in [0, 0.05) is 0 Å². The molecule has 5 heteroatoms. The Morgan fingerprint density at radius 3 is 2.89 bits per heavy atom. The highest BCUT2D eigenvalue weighted by Gasteiger charge is 1.93. The number of aromatic nitrogens is 4. The Kier molecular flexibility index (Phi) is 1.72. The van der Waals surface area contributed by atoms with E-state index in [1.54, 1.807) is 6.92 Å². The molecule has 1 aromatic rings. The number of nitrogens with zero attached hydrogens (tertiary/aromatic N) is 4. The molecule has 0 aliphatic rings. The summed E-state index contributed by atoms with van der Waals surface area (Å²) in [6.07, 6.45) is 0. The molecule has 0 saturated heterocycles. The van der Waals surface area contributed by atoms with Gasteiger partial charge < -0.3 is 0 Å². The lowest BCUT2D eigenvalue weighted by Crippen LogP contribution is -2.03. The fraction of sp³-hybridized carbons (Fsp3) is 0.750. The van der Waals surface area contributed by atoms with E-state index in [1.165, 1.54) is 4.80 Å². The third kappa shape index (κ3) is 1.45. The predicted octanol–water partition coefficient (Wildman–Crippen LogP) is -0.0490. The van der Waals surface area contributed by atoms with Crippen LogP contribution < -0.4 is 0 Å². The highest BCUT2D eigenvalue weighted by atomic mass is 19.1. The first-order chi connectivity index (χ1) is 4.33. The molecule has 0 amide bonds. The Morgan fingerprint density at radius 1 is 1.67 bits per heavy atom. The summed E-state index contributed by atoms with van der Waals surface area (Å²) >= 11 is 0. The summed E-state index contributed by atoms with van der Waals surface area (Å²) in [6.45, 7) is 1.46. The van der Waals surface area contributed by atoms with Crippen LogP contribution in [0.3, 0.4) is 0 Å². The SMILES string of the molecule is Cc1nnn(CCF)n1. The van der Waals surface area contributed by atoms with E-state index < -0.39 is 6.67 Å². The van der Waals surface area contributed by atoms with E-state index in [9.17, 15) is 4.39 Å². The van der Waals surface area contributed by atoms with Crippen molar-refractivity contribution >= 4 is 0 Å². The van der Waals surface area contributed by atoms with E-state index in [1.807, 2.05) is 0 Å². The van der Waals surface area contributed by atoms with Crippen LogP contribution in [0.5, 0.6) is 0 Å². The van der Waals surface area contributed by atoms with Gasteiger partial charge in [-0.2, -0.15) is 4.80 Å². The highest BCUT2D eigenvalue weighted by Crippen LogP contribution is 1.81. The van der Waals surface area contributed by atoms with Crippen LogP contribution in [-0.4, -0.2) is 26.9 Å². The van der Waals surface area contributed by atoms with E-state index in [2.05, 4.69) is 15.4 Å². The number of tetrazole rings is 1. The second kappa shape index (κ2) is 2.52. The molecule has 0 unspecified atom stereocenters. The quantitative estimate of drug-likeness (QED) is 0.563. The van der Waals surface area contributed by atoms with E-state index in [4.69, 9.17) is 0 Å². The maximum Gasteiger partial charge on any atom is 0.171 e. The summed E-state index contributed by atoms with van der Waals surface area (Å²) in [4.78, 5) is 1.23. The fourth-order valence-corrected chi connectivity index (χ4v) is 0.494. The van der Waals surface area contributed by atoms with Gasteiger partial charge in [-0.25, -0.2) is 4.39 Å². The molecule has 1 aromatic heterocycles. The normalized spacial score (nSPS) is 10.0. The van der Waals surface area contributed by atoms with Crippen LogP contribution in [0, 0.1) is 6.92 Å². The topological polar surface area (TPSA) is 43.6 Å². The Hall–Kier alpha value is -1.00. The summed E-state index contributed by atoms with van der Waals surface area (Å²) < 4.78 is 11.6. The number of halogens is 1. The first-order valence-electron chi connectivity index (χ1n) is 2.63. The average Bonchev–Trinajstić information content (AvgIpc) is 2.17. The molecular formula is C4H7FN4. The van der Waals surface area contributed by atoms with Gasteiger partial charge in [-0.15, -0.1) is 10.2 Å². The van der Waals surface area contributed by atoms with Gasteiger partial charge in [-0.1, -0.05) is 0 Å². The Morgan fingerprint density at radius 2 is 2.44 bits per heavy atom. The zero-order valence-corrected chi connectivity index (χ0v) is 5.08. The van der Waals surface area contributed by atoms with Crippen LogP contribution in [0.2, 0.25) is 0 Å². The number of alkyl halides is 1. The lowest BCUT2D eigenvalue weighted by atomic mass is 10.7. The summed E-state index contributed by atoms with van der Waals surface area (Å²) in [5.41, 5.74) is 0. The maximum absolute atomic E-state index is 11.6. The van der Waals surface area contributed by atoms with Crippen molar-refractivity contribution in [1.82, 2.24) is 20.2 Å². The number of aryl methyl sites for hydroxylation is 2. The summed E-state index contributed by atoms with van der Waals surface area (Å²) in [7, 11) is 0. The molecule has 0 aliphatic heterocycles. The molecule has 0 aromatic carbocycles. The van der Waals surface area contributed by atoms with E-state index in [0.29, 0.717) is 5.82 Å². The third-order valence-electron chi connectivity index (χ3n) is 0.837. The molecule has 0 bridgehead atoms. The van der Waals surface area contributed by atoms with Gasteiger partial charge >= 0.3 is 0 Å². The Labute approximate surface area is 51.7 Å². The van der Waals surface area contributed by atoms with Crippen molar-refractivity contribution in [2.45, 2.75) is 13.5 Å². The van der Waals surface area contributed by atoms with Crippen molar-refractivity contribution in [2.24, 2.45) is 0 Å². The summed E-state index contributed by atoms with van der Waals surface area (Å²) in [6, 6.07) is 0. The number of hydrogen-bond acceptors (Lipinski definition) is 3. The standard InChI is InChI=1S/C4H7FN4/c1-4-6-8-9(7-4)3-2-5/h2-3H2,1H3. The van der Waals surface area contributed by atoms with Crippen LogP contribution in [0.4, 0.5) is 4.39 Å². The van der Waals surface area contributed by atoms with Gasteiger partial charge in [0.1, 0.15) is 6.67 Å². The zero-order chi connectivity index (χ0) is 6.69. The van der Waals surface area contributed by atoms with E-state index >= 15 is 0 Å². The molecule has 1 rings (SSSR count). The van der Waals surface area contributed by atoms with Crippen LogP contribution in [0.15, 0.2) is 0 Å². The molecular weight excluding hydrogens is 123 g/mol. The van der Waals surface area contributed by atoms with Crippen molar-refractivity contribution in [3.63, 3.8) is 0 Å². The maximum atomic E-state index is 11.6. The van der Waals surface area contributed by atoms with Crippen molar-refractivity contribution in [2.75, 3.05) is 6.67 Å². The molecule has 0 saturated carbocycles. The molecule has 0 fully saturated rings. The van der Waals surface area contributed by atoms with Gasteiger partial charge in [-0.05, 0) is 12.1 Å². The van der Waals surface area contributed by atoms with Crippen LogP contribution in [0.25, 0.3) is 0 Å². The van der Waals surface area contributed by atoms with Gasteiger partial charge in [0.05, 0.1) is 6.54 Å². The van der Waals surface area contributed by atoms with E-state index in [-0.39, 0.29) is 6.54 Å². The second-order valence-corrected chi connectivity index (χ2v) is 1.62. The van der Waals surface area contributed by atoms with Crippen LogP contribution in [0.1, 0.15) is 5.82 Å².